The molecular weight excluding hydrogens is 212 g/mol. The highest BCUT2D eigenvalue weighted by Crippen LogP contribution is 2.25. The third kappa shape index (κ3) is 3.76. The maximum atomic E-state index is 8.76. The molecule has 3 heteroatoms. The van der Waals surface area contributed by atoms with Crippen LogP contribution in [0.2, 0.25) is 0 Å². The summed E-state index contributed by atoms with van der Waals surface area (Å²) in [5, 5.41) is 8.76. The molecule has 1 fully saturated rings. The lowest BCUT2D eigenvalue weighted by atomic mass is 10.2. The van der Waals surface area contributed by atoms with Gasteiger partial charge in [-0.2, -0.15) is 5.26 Å². The monoisotopic (exact) mass is 230 g/mol. The molecule has 0 aromatic heterocycles. The van der Waals surface area contributed by atoms with E-state index in [-0.39, 0.29) is 0 Å². The number of nitrogens with zero attached hydrogens (tertiary/aromatic N) is 2. The van der Waals surface area contributed by atoms with Crippen molar-refractivity contribution >= 4 is 0 Å². The molecular formula is C14H18N2O. The van der Waals surface area contributed by atoms with Crippen LogP contribution in [0.15, 0.2) is 24.3 Å². The van der Waals surface area contributed by atoms with Crippen LogP contribution in [0.5, 0.6) is 5.75 Å². The average Bonchev–Trinajstić information content (AvgIpc) is 3.19. The topological polar surface area (TPSA) is 36.3 Å². The average molecular weight is 230 g/mol. The zero-order valence-electron chi connectivity index (χ0n) is 10.2. The fourth-order valence-corrected chi connectivity index (χ4v) is 1.86. The van der Waals surface area contributed by atoms with Crippen molar-refractivity contribution < 1.29 is 4.74 Å². The Morgan fingerprint density at radius 1 is 1.47 bits per heavy atom. The SMILES string of the molecule is CN(CCCOc1cccc(C#N)c1)C1CC1. The van der Waals surface area contributed by atoms with Crippen LogP contribution in [-0.4, -0.2) is 31.1 Å². The van der Waals surface area contributed by atoms with E-state index in [0.29, 0.717) is 12.2 Å². The zero-order chi connectivity index (χ0) is 12.1. The second-order valence-electron chi connectivity index (χ2n) is 4.55. The Hall–Kier alpha value is -1.53. The molecule has 0 atom stereocenters. The fraction of sp³-hybridized carbons (Fsp3) is 0.500. The minimum Gasteiger partial charge on any atom is -0.494 e. The van der Waals surface area contributed by atoms with E-state index in [9.17, 15) is 0 Å². The van der Waals surface area contributed by atoms with Crippen molar-refractivity contribution in [2.75, 3.05) is 20.2 Å². The molecule has 0 saturated heterocycles. The summed E-state index contributed by atoms with van der Waals surface area (Å²) >= 11 is 0. The summed E-state index contributed by atoms with van der Waals surface area (Å²) in [5.74, 6) is 0.790. The molecule has 0 unspecified atom stereocenters. The van der Waals surface area contributed by atoms with E-state index in [1.54, 1.807) is 12.1 Å². The molecule has 0 bridgehead atoms. The third-order valence-corrected chi connectivity index (χ3v) is 3.06. The molecule has 0 spiro atoms. The van der Waals surface area contributed by atoms with Crippen molar-refractivity contribution in [3.05, 3.63) is 29.8 Å². The number of nitriles is 1. The van der Waals surface area contributed by atoms with Crippen molar-refractivity contribution in [3.8, 4) is 11.8 Å². The van der Waals surface area contributed by atoms with E-state index in [4.69, 9.17) is 10.00 Å². The number of ether oxygens (including phenoxy) is 1. The quantitative estimate of drug-likeness (QED) is 0.704. The minimum atomic E-state index is 0.651. The highest BCUT2D eigenvalue weighted by molar-refractivity contribution is 5.36. The maximum Gasteiger partial charge on any atom is 0.120 e. The molecule has 0 N–H and O–H groups in total. The fourth-order valence-electron chi connectivity index (χ4n) is 1.86. The molecule has 1 saturated carbocycles. The lowest BCUT2D eigenvalue weighted by Crippen LogP contribution is -2.23. The molecule has 1 aliphatic carbocycles. The molecule has 3 nitrogen and oxygen atoms in total. The molecule has 90 valence electrons. The molecule has 2 rings (SSSR count). The highest BCUT2D eigenvalue weighted by Gasteiger charge is 2.25. The Kier molecular flexibility index (Phi) is 4.00. The molecule has 0 heterocycles. The predicted molar refractivity (Wildman–Crippen MR) is 66.9 cm³/mol. The number of hydrogen-bond acceptors (Lipinski definition) is 3. The summed E-state index contributed by atoms with van der Waals surface area (Å²) in [5.41, 5.74) is 0.651. The standard InChI is InChI=1S/C14H18N2O/c1-16(13-6-7-13)8-3-9-17-14-5-2-4-12(10-14)11-15/h2,4-5,10,13H,3,6-9H2,1H3. The number of hydrogen-bond donors (Lipinski definition) is 0. The van der Waals surface area contributed by atoms with Gasteiger partial charge in [0.05, 0.1) is 18.2 Å². The van der Waals surface area contributed by atoms with Gasteiger partial charge in [0.2, 0.25) is 0 Å². The van der Waals surface area contributed by atoms with Crippen LogP contribution in [0, 0.1) is 11.3 Å². The molecule has 0 aliphatic heterocycles. The van der Waals surface area contributed by atoms with E-state index in [2.05, 4.69) is 18.0 Å². The van der Waals surface area contributed by atoms with Crippen molar-refractivity contribution in [2.45, 2.75) is 25.3 Å². The van der Waals surface area contributed by atoms with Gasteiger partial charge in [-0.05, 0) is 44.5 Å². The van der Waals surface area contributed by atoms with Gasteiger partial charge in [-0.15, -0.1) is 0 Å². The number of rotatable bonds is 6. The second-order valence-corrected chi connectivity index (χ2v) is 4.55. The summed E-state index contributed by atoms with van der Waals surface area (Å²) in [7, 11) is 2.17. The molecule has 17 heavy (non-hydrogen) atoms. The summed E-state index contributed by atoms with van der Waals surface area (Å²) in [6, 6.07) is 10.2. The van der Waals surface area contributed by atoms with Crippen molar-refractivity contribution in [1.82, 2.24) is 4.90 Å². The summed E-state index contributed by atoms with van der Waals surface area (Å²) in [6.45, 7) is 1.80. The van der Waals surface area contributed by atoms with Gasteiger partial charge in [0.15, 0.2) is 0 Å². The van der Waals surface area contributed by atoms with E-state index < -0.39 is 0 Å². The maximum absolute atomic E-state index is 8.76. The molecule has 0 radical (unpaired) electrons. The van der Waals surface area contributed by atoms with Crippen molar-refractivity contribution in [1.29, 1.82) is 5.26 Å². The van der Waals surface area contributed by atoms with Gasteiger partial charge in [-0.3, -0.25) is 0 Å². The largest absolute Gasteiger partial charge is 0.494 e. The van der Waals surface area contributed by atoms with Gasteiger partial charge in [0, 0.05) is 12.6 Å². The van der Waals surface area contributed by atoms with Gasteiger partial charge in [-0.1, -0.05) is 6.07 Å². The second kappa shape index (κ2) is 5.70. The first-order valence-electron chi connectivity index (χ1n) is 6.13. The Bertz CT molecular complexity index is 407. The van der Waals surface area contributed by atoms with Crippen LogP contribution < -0.4 is 4.74 Å². The lowest BCUT2D eigenvalue weighted by molar-refractivity contribution is 0.258. The number of benzene rings is 1. The smallest absolute Gasteiger partial charge is 0.120 e. The van der Waals surface area contributed by atoms with Crippen LogP contribution >= 0.6 is 0 Å². The van der Waals surface area contributed by atoms with E-state index in [1.807, 2.05) is 12.1 Å². The lowest BCUT2D eigenvalue weighted by Gasteiger charge is -2.15. The van der Waals surface area contributed by atoms with Crippen LogP contribution in [-0.2, 0) is 0 Å². The van der Waals surface area contributed by atoms with E-state index in [1.165, 1.54) is 12.8 Å². The first-order valence-corrected chi connectivity index (χ1v) is 6.13. The highest BCUT2D eigenvalue weighted by atomic mass is 16.5. The molecule has 1 aromatic rings. The first-order chi connectivity index (χ1) is 8.29. The Balaban J connectivity index is 1.68. The van der Waals surface area contributed by atoms with Gasteiger partial charge >= 0.3 is 0 Å². The van der Waals surface area contributed by atoms with Crippen LogP contribution in [0.1, 0.15) is 24.8 Å². The van der Waals surface area contributed by atoms with Gasteiger partial charge in [0.1, 0.15) is 5.75 Å². The Morgan fingerprint density at radius 2 is 2.29 bits per heavy atom. The predicted octanol–water partition coefficient (Wildman–Crippen LogP) is 2.42. The first kappa shape index (κ1) is 11.9. The van der Waals surface area contributed by atoms with Crippen LogP contribution in [0.25, 0.3) is 0 Å². The molecule has 1 aromatic carbocycles. The molecule has 1 aliphatic rings. The zero-order valence-corrected chi connectivity index (χ0v) is 10.2. The Morgan fingerprint density at radius 3 is 3.00 bits per heavy atom. The van der Waals surface area contributed by atoms with Gasteiger partial charge < -0.3 is 9.64 Å². The normalized spacial score (nSPS) is 14.6. The summed E-state index contributed by atoms with van der Waals surface area (Å²) in [4.78, 5) is 2.40. The van der Waals surface area contributed by atoms with Gasteiger partial charge in [-0.25, -0.2) is 0 Å². The van der Waals surface area contributed by atoms with Gasteiger partial charge in [0.25, 0.3) is 0 Å². The Labute approximate surface area is 103 Å². The summed E-state index contributed by atoms with van der Waals surface area (Å²) < 4.78 is 5.62. The van der Waals surface area contributed by atoms with Crippen molar-refractivity contribution in [3.63, 3.8) is 0 Å². The van der Waals surface area contributed by atoms with Crippen molar-refractivity contribution in [2.24, 2.45) is 0 Å². The van der Waals surface area contributed by atoms with Crippen LogP contribution in [0.3, 0.4) is 0 Å². The van der Waals surface area contributed by atoms with Crippen LogP contribution in [0.4, 0.5) is 0 Å². The van der Waals surface area contributed by atoms with E-state index >= 15 is 0 Å². The van der Waals surface area contributed by atoms with E-state index in [0.717, 1.165) is 24.8 Å². The summed E-state index contributed by atoms with van der Waals surface area (Å²) in [6.07, 6.45) is 3.73. The third-order valence-electron chi connectivity index (χ3n) is 3.06. The molecule has 0 amide bonds. The minimum absolute atomic E-state index is 0.651.